The summed E-state index contributed by atoms with van der Waals surface area (Å²) in [4.78, 5) is 47.7. The van der Waals surface area contributed by atoms with E-state index in [9.17, 15) is 29.4 Å². The molecule has 0 spiro atoms. The zero-order chi connectivity index (χ0) is 30.1. The molecule has 0 radical (unpaired) electrons. The maximum Gasteiger partial charge on any atom is 0.337 e. The third-order valence-electron chi connectivity index (χ3n) is 7.70. The number of carbonyl (C=O) groups is 4. The molecule has 0 aromatic rings. The highest BCUT2D eigenvalue weighted by atomic mass is 16.6. The molecule has 2 unspecified atom stereocenters. The fourth-order valence-corrected chi connectivity index (χ4v) is 5.13. The molecular formula is C32H58O8. The summed E-state index contributed by atoms with van der Waals surface area (Å²) in [5.41, 5.74) is -2.83. The third kappa shape index (κ3) is 19.2. The van der Waals surface area contributed by atoms with Gasteiger partial charge in [-0.15, -0.1) is 0 Å². The van der Waals surface area contributed by atoms with Crippen LogP contribution < -0.4 is 0 Å². The summed E-state index contributed by atoms with van der Waals surface area (Å²) in [5, 5.41) is 29.4. The first kappa shape index (κ1) is 38.0. The predicted molar refractivity (Wildman–Crippen MR) is 157 cm³/mol. The Balaban J connectivity index is 4.26. The predicted octanol–water partition coefficient (Wildman–Crippen LogP) is 7.97. The molecule has 0 heterocycles. The van der Waals surface area contributed by atoms with Gasteiger partial charge in [-0.1, -0.05) is 142 Å². The van der Waals surface area contributed by atoms with Gasteiger partial charge >= 0.3 is 23.9 Å². The average Bonchev–Trinajstić information content (AvgIpc) is 2.89. The number of esters is 2. The van der Waals surface area contributed by atoms with E-state index in [-0.39, 0.29) is 12.8 Å². The zero-order valence-corrected chi connectivity index (χ0v) is 25.4. The second-order valence-electron chi connectivity index (χ2n) is 11.4. The van der Waals surface area contributed by atoms with Gasteiger partial charge in [0.05, 0.1) is 12.3 Å². The van der Waals surface area contributed by atoms with Crippen LogP contribution in [0.15, 0.2) is 0 Å². The van der Waals surface area contributed by atoms with Crippen molar-refractivity contribution in [3.8, 4) is 0 Å². The van der Waals surface area contributed by atoms with Crippen molar-refractivity contribution in [3.05, 3.63) is 0 Å². The van der Waals surface area contributed by atoms with Gasteiger partial charge in [0.25, 0.3) is 0 Å². The molecule has 234 valence electrons. The van der Waals surface area contributed by atoms with E-state index in [1.165, 1.54) is 83.5 Å². The minimum Gasteiger partial charge on any atom is -0.481 e. The highest BCUT2D eigenvalue weighted by molar-refractivity contribution is 5.93. The standard InChI is InChI=1S/C32H58O8/c1-3-5-7-8-9-10-11-12-13-14-15-16-17-18-19-20-21-23-24-27(32(39,31(37)38)26-28(33)34)30(36)40-29(35)25-22-6-4-2/h27,39H,3-26H2,1-2H3,(H,33,34)(H,37,38). The molecule has 0 aromatic heterocycles. The van der Waals surface area contributed by atoms with Gasteiger partial charge in [0, 0.05) is 6.42 Å². The van der Waals surface area contributed by atoms with E-state index in [1.54, 1.807) is 0 Å². The fourth-order valence-electron chi connectivity index (χ4n) is 5.13. The molecule has 0 rings (SSSR count). The Morgan fingerprint density at radius 1 is 0.600 bits per heavy atom. The van der Waals surface area contributed by atoms with E-state index in [2.05, 4.69) is 6.92 Å². The van der Waals surface area contributed by atoms with Crippen molar-refractivity contribution in [1.29, 1.82) is 0 Å². The molecule has 0 fully saturated rings. The van der Waals surface area contributed by atoms with Crippen LogP contribution in [0.3, 0.4) is 0 Å². The molecule has 0 aliphatic carbocycles. The molecule has 8 nitrogen and oxygen atoms in total. The van der Waals surface area contributed by atoms with E-state index in [4.69, 9.17) is 9.84 Å². The van der Waals surface area contributed by atoms with Gasteiger partial charge in [0.2, 0.25) is 0 Å². The topological polar surface area (TPSA) is 138 Å². The van der Waals surface area contributed by atoms with Crippen LogP contribution in [0.4, 0.5) is 0 Å². The molecule has 8 heteroatoms. The second-order valence-corrected chi connectivity index (χ2v) is 11.4. The number of hydrogen-bond donors (Lipinski definition) is 3. The molecule has 0 saturated carbocycles. The van der Waals surface area contributed by atoms with Crippen molar-refractivity contribution in [3.63, 3.8) is 0 Å². The monoisotopic (exact) mass is 570 g/mol. The molecule has 0 aromatic carbocycles. The van der Waals surface area contributed by atoms with Gasteiger partial charge in [-0.3, -0.25) is 14.4 Å². The number of hydrogen-bond acceptors (Lipinski definition) is 6. The second kappa shape index (κ2) is 24.8. The molecule has 0 aliphatic heterocycles. The van der Waals surface area contributed by atoms with Crippen molar-refractivity contribution in [1.82, 2.24) is 0 Å². The third-order valence-corrected chi connectivity index (χ3v) is 7.70. The lowest BCUT2D eigenvalue weighted by Crippen LogP contribution is -2.51. The van der Waals surface area contributed by atoms with Crippen LogP contribution in [0.1, 0.15) is 168 Å². The Kier molecular flexibility index (Phi) is 23.6. The number of aliphatic carboxylic acids is 2. The maximum absolute atomic E-state index is 12.7. The van der Waals surface area contributed by atoms with Crippen LogP contribution in [0.25, 0.3) is 0 Å². The SMILES string of the molecule is CCCCCCCCCCCCCCCCCCCCC(C(=O)OC(=O)CCCCC)C(O)(CC(=O)O)C(=O)O. The first-order valence-electron chi connectivity index (χ1n) is 16.1. The normalized spacial score (nSPS) is 13.5. The van der Waals surface area contributed by atoms with Crippen LogP contribution in [0.5, 0.6) is 0 Å². The summed E-state index contributed by atoms with van der Waals surface area (Å²) in [6.45, 7) is 4.21. The summed E-state index contributed by atoms with van der Waals surface area (Å²) >= 11 is 0. The molecule has 0 aliphatic rings. The summed E-state index contributed by atoms with van der Waals surface area (Å²) in [6.07, 6.45) is 22.4. The van der Waals surface area contributed by atoms with Crippen LogP contribution in [0, 0.1) is 5.92 Å². The van der Waals surface area contributed by atoms with Crippen LogP contribution in [0.2, 0.25) is 0 Å². The van der Waals surface area contributed by atoms with Crippen molar-refractivity contribution in [2.75, 3.05) is 0 Å². The van der Waals surface area contributed by atoms with Crippen LogP contribution >= 0.6 is 0 Å². The van der Waals surface area contributed by atoms with E-state index in [0.717, 1.165) is 38.5 Å². The van der Waals surface area contributed by atoms with Crippen molar-refractivity contribution in [2.45, 2.75) is 174 Å². The molecule has 0 amide bonds. The summed E-state index contributed by atoms with van der Waals surface area (Å²) in [6, 6.07) is 0. The number of ether oxygens (including phenoxy) is 1. The number of aliphatic hydroxyl groups is 1. The highest BCUT2D eigenvalue weighted by Crippen LogP contribution is 2.29. The number of unbranched alkanes of at least 4 members (excludes halogenated alkanes) is 19. The van der Waals surface area contributed by atoms with Gasteiger partial charge in [-0.05, 0) is 12.8 Å². The minimum absolute atomic E-state index is 0.00985. The highest BCUT2D eigenvalue weighted by Gasteiger charge is 2.50. The van der Waals surface area contributed by atoms with E-state index in [1.807, 2.05) is 6.92 Å². The molecule has 0 bridgehead atoms. The quantitative estimate of drug-likeness (QED) is 0.0489. The number of carboxylic acids is 2. The molecule has 2 atom stereocenters. The summed E-state index contributed by atoms with van der Waals surface area (Å²) in [5.74, 6) is -6.94. The molecule has 0 saturated heterocycles. The lowest BCUT2D eigenvalue weighted by molar-refractivity contribution is -0.184. The van der Waals surface area contributed by atoms with E-state index in [0.29, 0.717) is 12.8 Å². The van der Waals surface area contributed by atoms with Crippen molar-refractivity contribution >= 4 is 23.9 Å². The van der Waals surface area contributed by atoms with Gasteiger partial charge in [-0.25, -0.2) is 4.79 Å². The van der Waals surface area contributed by atoms with Gasteiger partial charge < -0.3 is 20.1 Å². The largest absolute Gasteiger partial charge is 0.481 e. The number of carbonyl (C=O) groups excluding carboxylic acids is 2. The number of carboxylic acid groups (broad SMARTS) is 2. The molecule has 40 heavy (non-hydrogen) atoms. The first-order chi connectivity index (χ1) is 19.2. The smallest absolute Gasteiger partial charge is 0.337 e. The summed E-state index contributed by atoms with van der Waals surface area (Å²) < 4.78 is 4.83. The number of rotatable bonds is 28. The Bertz CT molecular complexity index is 692. The molecule has 3 N–H and O–H groups in total. The van der Waals surface area contributed by atoms with Crippen molar-refractivity contribution < 1.29 is 39.2 Å². The summed E-state index contributed by atoms with van der Waals surface area (Å²) in [7, 11) is 0. The Hall–Kier alpha value is -1.96. The lowest BCUT2D eigenvalue weighted by atomic mass is 9.81. The average molecular weight is 571 g/mol. The van der Waals surface area contributed by atoms with Gasteiger partial charge in [0.15, 0.2) is 5.60 Å². The Labute approximate surface area is 242 Å². The van der Waals surface area contributed by atoms with E-state index >= 15 is 0 Å². The van der Waals surface area contributed by atoms with Gasteiger partial charge in [0.1, 0.15) is 0 Å². The van der Waals surface area contributed by atoms with E-state index < -0.39 is 41.8 Å². The fraction of sp³-hybridized carbons (Fsp3) is 0.875. The first-order valence-corrected chi connectivity index (χ1v) is 16.1. The van der Waals surface area contributed by atoms with Crippen molar-refractivity contribution in [2.24, 2.45) is 5.92 Å². The van der Waals surface area contributed by atoms with Crippen LogP contribution in [-0.2, 0) is 23.9 Å². The Morgan fingerprint density at radius 2 is 0.975 bits per heavy atom. The Morgan fingerprint density at radius 3 is 1.35 bits per heavy atom. The van der Waals surface area contributed by atoms with Crippen LogP contribution in [-0.4, -0.2) is 44.8 Å². The van der Waals surface area contributed by atoms with Gasteiger partial charge in [-0.2, -0.15) is 0 Å². The minimum atomic E-state index is -2.83. The lowest BCUT2D eigenvalue weighted by Gasteiger charge is -2.29. The zero-order valence-electron chi connectivity index (χ0n) is 25.4. The molecular weight excluding hydrogens is 512 g/mol. The maximum atomic E-state index is 12.7.